The monoisotopic (exact) mass is 334 g/mol. The Morgan fingerprint density at radius 3 is 0.778 bits per heavy atom. The minimum Gasteiger partial charge on any atom is -0.214 e. The van der Waals surface area contributed by atoms with Crippen LogP contribution < -0.4 is 0 Å². The summed E-state index contributed by atoms with van der Waals surface area (Å²) < 4.78 is 59.2. The Morgan fingerprint density at radius 2 is 0.722 bits per heavy atom. The molecule has 0 aliphatic carbocycles. The van der Waals surface area contributed by atoms with Gasteiger partial charge in [-0.2, -0.15) is 36.4 Å². The third kappa shape index (κ3) is 36.2. The fraction of sp³-hybridized carbons (Fsp3) is 0. The van der Waals surface area contributed by atoms with Crippen molar-refractivity contribution in [1.82, 2.24) is 0 Å². The van der Waals surface area contributed by atoms with E-state index in [0.29, 0.717) is 0 Å². The molecule has 2 rings (SSSR count). The van der Waals surface area contributed by atoms with Gasteiger partial charge in [0.1, 0.15) is 0 Å². The maximum Gasteiger partial charge on any atom is 3.00 e. The van der Waals surface area contributed by atoms with Crippen LogP contribution in [0.15, 0.2) is 60.7 Å². The van der Waals surface area contributed by atoms with Crippen LogP contribution in [0.25, 0.3) is 0 Å². The van der Waals surface area contributed by atoms with Gasteiger partial charge in [0, 0.05) is 0 Å². The molecule has 0 aliphatic rings. The molecule has 0 saturated heterocycles. The molecule has 2 aromatic rings. The van der Waals surface area contributed by atoms with E-state index in [9.17, 15) is 25.2 Å². The van der Waals surface area contributed by atoms with E-state index in [2.05, 4.69) is 0 Å². The third-order valence-electron chi connectivity index (χ3n) is 1.11. The molecule has 0 spiro atoms. The zero-order valence-electron chi connectivity index (χ0n) is 8.82. The second kappa shape index (κ2) is 6.40. The number of hydrogen-bond acceptors (Lipinski definition) is 0. The molecule has 0 bridgehead atoms. The summed E-state index contributed by atoms with van der Waals surface area (Å²) >= 11 is 0. The van der Waals surface area contributed by atoms with E-state index < -0.39 is 7.81 Å². The van der Waals surface area contributed by atoms with Crippen molar-refractivity contribution in [3.05, 3.63) is 60.7 Å². The first-order valence-corrected chi connectivity index (χ1v) is 6.38. The Balaban J connectivity index is 0. The van der Waals surface area contributed by atoms with Crippen molar-refractivity contribution < 1.29 is 42.0 Å². The first kappa shape index (κ1) is 19.6. The van der Waals surface area contributed by atoms with Crippen molar-refractivity contribution in [2.45, 2.75) is 0 Å². The van der Waals surface area contributed by atoms with Crippen LogP contribution >= 0.6 is 7.81 Å². The van der Waals surface area contributed by atoms with Crippen molar-refractivity contribution in [2.24, 2.45) is 0 Å². The van der Waals surface area contributed by atoms with Gasteiger partial charge < -0.3 is 0 Å². The van der Waals surface area contributed by atoms with Crippen molar-refractivity contribution in [1.29, 1.82) is 0 Å². The quantitative estimate of drug-likeness (QED) is 0.306. The summed E-state index contributed by atoms with van der Waals surface area (Å²) in [4.78, 5) is 0. The van der Waals surface area contributed by atoms with Crippen molar-refractivity contribution in [3.63, 3.8) is 0 Å². The number of halogens is 6. The first-order valence-electron chi connectivity index (χ1n) is 4.35. The van der Waals surface area contributed by atoms with E-state index in [4.69, 9.17) is 0 Å². The molecule has 8 heteroatoms. The zero-order chi connectivity index (χ0) is 13.5. The molecule has 0 fully saturated rings. The van der Waals surface area contributed by atoms with Gasteiger partial charge in [-0.3, -0.25) is 0 Å². The molecule has 106 valence electrons. The summed E-state index contributed by atoms with van der Waals surface area (Å²) in [5.41, 5.74) is 0. The second-order valence-electron chi connectivity index (χ2n) is 2.88. The molecule has 18 heavy (non-hydrogen) atoms. The summed E-state index contributed by atoms with van der Waals surface area (Å²) in [7, 11) is -10.7. The number of hydrogen-bond donors (Lipinski definition) is 0. The van der Waals surface area contributed by atoms with Crippen LogP contribution in [0, 0.1) is 0 Å². The molecule has 0 aliphatic heterocycles. The average molecular weight is 334 g/mol. The van der Waals surface area contributed by atoms with Crippen LogP contribution in [0.5, 0.6) is 0 Å². The van der Waals surface area contributed by atoms with Gasteiger partial charge in [0.2, 0.25) is 0 Å². The predicted molar refractivity (Wildman–Crippen MR) is 57.6 cm³/mol. The molecular weight excluding hydrogens is 324 g/mol. The topological polar surface area (TPSA) is 0 Å². The van der Waals surface area contributed by atoms with Gasteiger partial charge in [-0.25, -0.2) is 24.3 Å². The Bertz CT molecular complexity index is 302. The SMILES string of the molecule is F[P-](F)(F)(F)(F)F.[Co+3].c1cc[cH-]c1.c1cc[cH-]c1. The predicted octanol–water partition coefficient (Wildman–Crippen LogP) is 6.19. The van der Waals surface area contributed by atoms with Crippen LogP contribution in [-0.4, -0.2) is 0 Å². The molecule has 0 nitrogen and oxygen atoms in total. The van der Waals surface area contributed by atoms with E-state index in [1.165, 1.54) is 0 Å². The van der Waals surface area contributed by atoms with Gasteiger partial charge >= 0.3 is 49.8 Å². The third-order valence-corrected chi connectivity index (χ3v) is 1.11. The Kier molecular flexibility index (Phi) is 6.96. The Labute approximate surface area is 111 Å². The molecule has 0 unspecified atom stereocenters. The fourth-order valence-corrected chi connectivity index (χ4v) is 0.642. The zero-order valence-corrected chi connectivity index (χ0v) is 10.8. The summed E-state index contributed by atoms with van der Waals surface area (Å²) in [5, 5.41) is 0. The average Bonchev–Trinajstić information content (AvgIpc) is 2.78. The van der Waals surface area contributed by atoms with Crippen molar-refractivity contribution >= 4 is 7.81 Å². The van der Waals surface area contributed by atoms with Crippen LogP contribution in [-0.2, 0) is 16.8 Å². The largest absolute Gasteiger partial charge is 3.00 e. The summed E-state index contributed by atoms with van der Waals surface area (Å²) in [6.07, 6.45) is 0. The maximum absolute atomic E-state index is 10.7. The minimum absolute atomic E-state index is 0. The van der Waals surface area contributed by atoms with Crippen molar-refractivity contribution in [3.8, 4) is 0 Å². The smallest absolute Gasteiger partial charge is 0.214 e. The standard InChI is InChI=1S/2C5H5.Co.F6P/c2*1-2-4-5-3-1;;1-7(2,3,4,5)6/h2*1-5H;;/q2*-1;+3;-1. The minimum atomic E-state index is -10.7. The Hall–Kier alpha value is -0.784. The molecule has 0 heterocycles. The van der Waals surface area contributed by atoms with Crippen LogP contribution in [0.2, 0.25) is 0 Å². The molecule has 0 aromatic heterocycles. The summed E-state index contributed by atoms with van der Waals surface area (Å²) in [6, 6.07) is 20.0. The van der Waals surface area contributed by atoms with E-state index in [1.807, 2.05) is 60.7 Å². The van der Waals surface area contributed by atoms with E-state index >= 15 is 0 Å². The van der Waals surface area contributed by atoms with E-state index in [1.54, 1.807) is 0 Å². The van der Waals surface area contributed by atoms with Gasteiger partial charge in [-0.15, -0.1) is 0 Å². The van der Waals surface area contributed by atoms with Crippen LogP contribution in [0.1, 0.15) is 0 Å². The van der Waals surface area contributed by atoms with Gasteiger partial charge in [-0.05, 0) is 0 Å². The van der Waals surface area contributed by atoms with E-state index in [-0.39, 0.29) is 16.8 Å². The maximum atomic E-state index is 9.87. The van der Waals surface area contributed by atoms with Gasteiger partial charge in [0.15, 0.2) is 0 Å². The van der Waals surface area contributed by atoms with Gasteiger partial charge in [-0.1, -0.05) is 0 Å². The molecule has 0 N–H and O–H groups in total. The first-order chi connectivity index (χ1) is 7.45. The number of rotatable bonds is 0. The van der Waals surface area contributed by atoms with Gasteiger partial charge in [0.25, 0.3) is 0 Å². The normalized spacial score (nSPS) is 13.4. The molecule has 0 radical (unpaired) electrons. The summed E-state index contributed by atoms with van der Waals surface area (Å²) in [6.45, 7) is 0. The van der Waals surface area contributed by atoms with E-state index in [0.717, 1.165) is 0 Å². The van der Waals surface area contributed by atoms with Crippen molar-refractivity contribution in [2.75, 3.05) is 0 Å². The second-order valence-corrected chi connectivity index (χ2v) is 4.80. The molecular formula is C10H10CoF6P. The molecule has 0 atom stereocenters. The van der Waals surface area contributed by atoms with Crippen LogP contribution in [0.3, 0.4) is 0 Å². The Morgan fingerprint density at radius 1 is 0.556 bits per heavy atom. The molecule has 2 aromatic carbocycles. The fourth-order valence-electron chi connectivity index (χ4n) is 0.642. The molecule has 0 saturated carbocycles. The summed E-state index contributed by atoms with van der Waals surface area (Å²) in [5.74, 6) is 0. The van der Waals surface area contributed by atoms with Gasteiger partial charge in [0.05, 0.1) is 0 Å². The van der Waals surface area contributed by atoms with Crippen LogP contribution in [0.4, 0.5) is 25.2 Å². The molecule has 0 amide bonds.